The Morgan fingerprint density at radius 2 is 0.460 bits per heavy atom. The fraction of sp³-hybridized carbons (Fsp3) is 0.278. The zero-order valence-corrected chi connectivity index (χ0v) is 86.0. The van der Waals surface area contributed by atoms with Gasteiger partial charge in [-0.2, -0.15) is 0 Å². The van der Waals surface area contributed by atoms with Crippen LogP contribution in [0.15, 0.2) is 364 Å². The first-order valence-electron chi connectivity index (χ1n) is 51.0. The van der Waals surface area contributed by atoms with Crippen LogP contribution in [-0.4, -0.2) is 22.2 Å². The molecule has 0 heterocycles. The molecule has 0 aromatic heterocycles. The molecular formula is C133H142N4. The second-order valence-corrected chi connectivity index (χ2v) is 44.5. The average molecular weight is 1800 g/mol. The normalized spacial score (nSPS) is 14.7. The van der Waals surface area contributed by atoms with Gasteiger partial charge < -0.3 is 19.6 Å². The zero-order chi connectivity index (χ0) is 100. The molecule has 4 heteroatoms. The fourth-order valence-electron chi connectivity index (χ4n) is 22.8. The number of rotatable bonds is 15. The molecule has 0 amide bonds. The lowest BCUT2D eigenvalue weighted by atomic mass is 9.81. The molecule has 137 heavy (non-hydrogen) atoms. The minimum Gasteiger partial charge on any atom is -0.336 e. The van der Waals surface area contributed by atoms with E-state index in [4.69, 9.17) is 1.37 Å². The smallest absolute Gasteiger partial charge is 0.0457 e. The number of hydrogen-bond acceptors (Lipinski definition) is 4. The van der Waals surface area contributed by atoms with E-state index in [1.807, 2.05) is 34.6 Å². The highest BCUT2D eigenvalue weighted by Gasteiger charge is 2.45. The van der Waals surface area contributed by atoms with E-state index in [-0.39, 0.29) is 50.2 Å². The van der Waals surface area contributed by atoms with Crippen molar-refractivity contribution in [3.63, 3.8) is 0 Å². The van der Waals surface area contributed by atoms with Gasteiger partial charge in [-0.1, -0.05) is 381 Å². The molecule has 0 spiro atoms. The van der Waals surface area contributed by atoms with E-state index in [1.54, 1.807) is 0 Å². The van der Waals surface area contributed by atoms with Crippen LogP contribution < -0.4 is 19.6 Å². The van der Waals surface area contributed by atoms with Gasteiger partial charge in [-0.25, -0.2) is 0 Å². The van der Waals surface area contributed by atoms with E-state index in [1.165, 1.54) is 150 Å². The summed E-state index contributed by atoms with van der Waals surface area (Å²) in [6.07, 6.45) is -0.357. The van der Waals surface area contributed by atoms with Gasteiger partial charge in [0.15, 0.2) is 0 Å². The van der Waals surface area contributed by atoms with Gasteiger partial charge in [0.25, 0.3) is 0 Å². The number of hydrogen-bond donors (Lipinski definition) is 0. The molecule has 1 unspecified atom stereocenters. The van der Waals surface area contributed by atoms with Crippen molar-refractivity contribution in [3.05, 3.63) is 431 Å². The lowest BCUT2D eigenvalue weighted by Crippen LogP contribution is -2.38. The molecule has 0 fully saturated rings. The van der Waals surface area contributed by atoms with Crippen molar-refractivity contribution in [1.29, 1.82) is 0 Å². The molecule has 4 aliphatic rings. The van der Waals surface area contributed by atoms with Gasteiger partial charge in [-0.3, -0.25) is 0 Å². The summed E-state index contributed by atoms with van der Waals surface area (Å²) in [5, 5.41) is 0. The van der Waals surface area contributed by atoms with Crippen molar-refractivity contribution >= 4 is 45.5 Å². The fourth-order valence-corrected chi connectivity index (χ4v) is 22.8. The van der Waals surface area contributed by atoms with Crippen LogP contribution in [0.1, 0.15) is 256 Å². The van der Waals surface area contributed by atoms with Crippen LogP contribution in [0.5, 0.6) is 0 Å². The third-order valence-electron chi connectivity index (χ3n) is 29.0. The van der Waals surface area contributed by atoms with E-state index in [9.17, 15) is 2.74 Å². The lowest BCUT2D eigenvalue weighted by molar-refractivity contribution is 0.557. The minimum absolute atomic E-state index is 0.0228. The topological polar surface area (TPSA) is 13.0 Å². The van der Waals surface area contributed by atoms with Crippen LogP contribution in [0, 0.1) is 6.92 Å². The predicted octanol–water partition coefficient (Wildman–Crippen LogP) is 37.5. The van der Waals surface area contributed by atoms with Crippen LogP contribution in [0.2, 0.25) is 0 Å². The first-order valence-corrected chi connectivity index (χ1v) is 49.4. The Hall–Kier alpha value is -13.3. The van der Waals surface area contributed by atoms with E-state index < -0.39 is 11.8 Å². The molecule has 0 saturated carbocycles. The molecule has 0 bridgehead atoms. The second-order valence-electron chi connectivity index (χ2n) is 44.5. The molecule has 4 aliphatic carbocycles. The standard InChI is InChI=1S/2C34H37N.C33H35N.C32H33N/c2*1-23(2)31-30(21-20-29-32(31)27-18-11-12-19-28(27)34(29,6)7)35(33(3,4)5)26-17-13-16-25(22-26)24-14-9-8-10-15-24;1-7-26-30(21-20-29-31(26)27-18-11-12-19-28(27)33(29,5)6)34(32(2,3)4)25-17-13-16-24(22-25)23-14-9-8-10-15-23;1-22-29(20-19-28-30(22)26-17-10-11-18-27(26)32(28,5)6)33(31(2,3)4)25-16-12-15-24(21-25)23-13-8-7-9-14-23/h2*8-23H,1-7H3;8-22H,7H2,1-6H3;7-21H,1-6H3/i2*23D;7D;. The molecule has 0 N–H and O–H groups in total. The molecule has 1 atom stereocenters. The SMILES string of the molecule is Cc1c(N(c2cccc(-c3ccccc3)c2)C(C)(C)C)ccc2c1-c1ccccc1C2(C)C.[2H]C(C)(C)c1c(N(c2cccc(-c3ccccc3)c2)C(C)(C)C)ccc2c1-c1ccccc1C2(C)C.[2H]C(C)(C)c1c(N(c2cccc(-c3ccccc3)c2)C(C)(C)C)ccc2c1-c1ccccc1C2(C)C.[2H]C(C)c1c(N(c2cccc(-c3ccccc3)c2)C(C)(C)C)ccc2c1-c1ccccc1C2(C)C. The van der Waals surface area contributed by atoms with Crippen LogP contribution in [0.25, 0.3) is 89.0 Å². The second kappa shape index (κ2) is 37.0. The maximum Gasteiger partial charge on any atom is 0.0457 e. The molecule has 4 nitrogen and oxygen atoms in total. The predicted molar refractivity (Wildman–Crippen MR) is 593 cm³/mol. The van der Waals surface area contributed by atoms with Crippen LogP contribution in [-0.2, 0) is 28.1 Å². The third kappa shape index (κ3) is 17.8. The van der Waals surface area contributed by atoms with E-state index in [0.29, 0.717) is 0 Å². The Bertz CT molecular complexity index is 7050. The molecule has 0 saturated heterocycles. The number of anilines is 8. The molecule has 0 aliphatic heterocycles. The van der Waals surface area contributed by atoms with E-state index in [0.717, 1.165) is 50.8 Å². The van der Waals surface area contributed by atoms with Gasteiger partial charge in [0.2, 0.25) is 0 Å². The maximum absolute atomic E-state index is 9.36. The molecular weight excluding hydrogens is 1650 g/mol. The molecule has 0 radical (unpaired) electrons. The highest BCUT2D eigenvalue weighted by Crippen LogP contribution is 2.60. The lowest BCUT2D eigenvalue weighted by Gasteiger charge is -2.40. The van der Waals surface area contributed by atoms with Gasteiger partial charge in [-0.15, -0.1) is 0 Å². The van der Waals surface area contributed by atoms with Gasteiger partial charge in [0.05, 0.1) is 0 Å². The molecule has 16 aromatic rings. The largest absolute Gasteiger partial charge is 0.336 e. The highest BCUT2D eigenvalue weighted by molar-refractivity contribution is 5.94. The first kappa shape index (κ1) is 91.5. The highest BCUT2D eigenvalue weighted by atomic mass is 15.2. The van der Waals surface area contributed by atoms with E-state index in [2.05, 4.69) is 529 Å². The van der Waals surface area contributed by atoms with Crippen LogP contribution >= 0.6 is 0 Å². The number of nitrogens with zero attached hydrogens (tertiary/aromatic N) is 4. The average Bonchev–Trinajstić information content (AvgIpc) is 1.55. The van der Waals surface area contributed by atoms with Gasteiger partial charge in [0.1, 0.15) is 0 Å². The van der Waals surface area contributed by atoms with Crippen molar-refractivity contribution < 1.29 is 4.11 Å². The minimum atomic E-state index is -0.783. The Morgan fingerprint density at radius 3 is 0.737 bits per heavy atom. The summed E-state index contributed by atoms with van der Waals surface area (Å²) in [4.78, 5) is 9.79. The van der Waals surface area contributed by atoms with Crippen molar-refractivity contribution in [2.24, 2.45) is 0 Å². The quantitative estimate of drug-likeness (QED) is 0.101. The first-order chi connectivity index (χ1) is 66.1. The third-order valence-corrected chi connectivity index (χ3v) is 29.0. The maximum atomic E-state index is 9.36. The van der Waals surface area contributed by atoms with Crippen molar-refractivity contribution in [2.75, 3.05) is 19.6 Å². The van der Waals surface area contributed by atoms with Crippen molar-refractivity contribution in [1.82, 2.24) is 0 Å². The summed E-state index contributed by atoms with van der Waals surface area (Å²) in [7, 11) is 0. The summed E-state index contributed by atoms with van der Waals surface area (Å²) in [6.45, 7) is 58.2. The molecule has 694 valence electrons. The Balaban J connectivity index is 0.000000129. The van der Waals surface area contributed by atoms with Gasteiger partial charge in [0, 0.05) is 93.4 Å². The summed E-state index contributed by atoms with van der Waals surface area (Å²) in [6, 6.07) is 131. The van der Waals surface area contributed by atoms with Gasteiger partial charge >= 0.3 is 0 Å². The number of benzene rings is 16. The summed E-state index contributed by atoms with van der Waals surface area (Å²) in [5.74, 6) is -1.57. The Kier molecular flexibility index (Phi) is 24.7. The Labute approximate surface area is 825 Å². The van der Waals surface area contributed by atoms with Gasteiger partial charge in [-0.05, 0) is 337 Å². The van der Waals surface area contributed by atoms with Crippen molar-refractivity contribution in [3.8, 4) is 89.0 Å². The summed E-state index contributed by atoms with van der Waals surface area (Å²) < 4.78 is 27.7. The summed E-state index contributed by atoms with van der Waals surface area (Å²) >= 11 is 0. The number of fused-ring (bicyclic) bond motifs is 12. The Morgan fingerprint density at radius 1 is 0.241 bits per heavy atom. The monoisotopic (exact) mass is 1800 g/mol. The molecule has 16 aromatic carbocycles. The van der Waals surface area contributed by atoms with Crippen molar-refractivity contribution in [2.45, 2.75) is 242 Å². The molecule has 20 rings (SSSR count). The zero-order valence-electron chi connectivity index (χ0n) is 89.0. The van der Waals surface area contributed by atoms with E-state index >= 15 is 0 Å². The summed E-state index contributed by atoms with van der Waals surface area (Å²) in [5.41, 5.74) is 43.9. The van der Waals surface area contributed by atoms with Crippen LogP contribution in [0.3, 0.4) is 0 Å². The van der Waals surface area contributed by atoms with Crippen LogP contribution in [0.4, 0.5) is 45.5 Å².